The molecule has 0 radical (unpaired) electrons. The van der Waals surface area contributed by atoms with E-state index in [1.54, 1.807) is 4.90 Å². The van der Waals surface area contributed by atoms with Crippen LogP contribution in [0.2, 0.25) is 0 Å². The fraction of sp³-hybridized carbons (Fsp3) is 0.500. The molecule has 0 aliphatic heterocycles. The molecule has 1 unspecified atom stereocenters. The summed E-state index contributed by atoms with van der Waals surface area (Å²) in [4.78, 5) is 1.59. The zero-order valence-electron chi connectivity index (χ0n) is 8.93. The van der Waals surface area contributed by atoms with Gasteiger partial charge in [-0.3, -0.25) is 0 Å². The smallest absolute Gasteiger partial charge is 0.103 e. The molecule has 1 rings (SSSR count). The first kappa shape index (κ1) is 10.3. The van der Waals surface area contributed by atoms with Crippen molar-refractivity contribution in [2.45, 2.75) is 26.8 Å². The number of hydrogen-bond donors (Lipinski definition) is 1. The highest BCUT2D eigenvalue weighted by molar-refractivity contribution is 5.24. The second-order valence-corrected chi connectivity index (χ2v) is 3.81. The average Bonchev–Trinajstić information content (AvgIpc) is 2.09. The largest absolute Gasteiger partial charge is 0.334 e. The summed E-state index contributed by atoms with van der Waals surface area (Å²) in [6.45, 7) is 6.84. The minimum atomic E-state index is 1.15. The van der Waals surface area contributed by atoms with Crippen molar-refractivity contribution in [2.75, 3.05) is 13.6 Å². The van der Waals surface area contributed by atoms with Crippen LogP contribution in [0.1, 0.15) is 24.5 Å². The first-order valence-corrected chi connectivity index (χ1v) is 5.10. The lowest BCUT2D eigenvalue weighted by Gasteiger charge is -2.14. The van der Waals surface area contributed by atoms with E-state index in [4.69, 9.17) is 0 Å². The summed E-state index contributed by atoms with van der Waals surface area (Å²) in [5, 5.41) is 0. The van der Waals surface area contributed by atoms with E-state index in [2.05, 4.69) is 45.2 Å². The normalized spacial score (nSPS) is 12.8. The standard InChI is InChI=1S/C12H19N/c1-4-9-13(3)10-12-8-6-5-7-11(12)2/h5-8H,4,9-10H2,1-3H3/p+1. The van der Waals surface area contributed by atoms with Gasteiger partial charge in [0.1, 0.15) is 6.54 Å². The monoisotopic (exact) mass is 178 g/mol. The Morgan fingerprint density at radius 1 is 1.23 bits per heavy atom. The highest BCUT2D eigenvalue weighted by Crippen LogP contribution is 2.04. The van der Waals surface area contributed by atoms with Crippen molar-refractivity contribution in [1.29, 1.82) is 0 Å². The number of nitrogens with one attached hydrogen (secondary N) is 1. The quantitative estimate of drug-likeness (QED) is 0.711. The van der Waals surface area contributed by atoms with Gasteiger partial charge in [0.05, 0.1) is 13.6 Å². The summed E-state index contributed by atoms with van der Waals surface area (Å²) in [6, 6.07) is 8.65. The number of quaternary nitrogens is 1. The molecule has 1 aromatic rings. The number of hydrogen-bond acceptors (Lipinski definition) is 0. The molecule has 0 bridgehead atoms. The summed E-state index contributed by atoms with van der Waals surface area (Å²) < 4.78 is 0. The van der Waals surface area contributed by atoms with E-state index in [-0.39, 0.29) is 0 Å². The molecule has 0 fully saturated rings. The third kappa shape index (κ3) is 3.19. The van der Waals surface area contributed by atoms with Crippen LogP contribution < -0.4 is 4.90 Å². The summed E-state index contributed by atoms with van der Waals surface area (Å²) in [5.74, 6) is 0. The van der Waals surface area contributed by atoms with Crippen LogP contribution in [0.4, 0.5) is 0 Å². The van der Waals surface area contributed by atoms with Gasteiger partial charge in [-0.15, -0.1) is 0 Å². The first-order valence-electron chi connectivity index (χ1n) is 5.10. The fourth-order valence-corrected chi connectivity index (χ4v) is 1.65. The molecule has 1 N–H and O–H groups in total. The van der Waals surface area contributed by atoms with Gasteiger partial charge in [-0.2, -0.15) is 0 Å². The van der Waals surface area contributed by atoms with Gasteiger partial charge >= 0.3 is 0 Å². The third-order valence-electron chi connectivity index (χ3n) is 2.43. The molecule has 13 heavy (non-hydrogen) atoms. The predicted molar refractivity (Wildman–Crippen MR) is 56.9 cm³/mol. The molecular formula is C12H20N+. The molecule has 0 aromatic heterocycles. The van der Waals surface area contributed by atoms with Gasteiger partial charge in [-0.05, 0) is 18.9 Å². The van der Waals surface area contributed by atoms with Crippen molar-refractivity contribution in [3.05, 3.63) is 35.4 Å². The summed E-state index contributed by atoms with van der Waals surface area (Å²) in [6.07, 6.45) is 1.26. The van der Waals surface area contributed by atoms with Crippen molar-refractivity contribution in [2.24, 2.45) is 0 Å². The SMILES string of the molecule is CCC[NH+](C)Cc1ccccc1C. The molecule has 1 heteroatoms. The Kier molecular flexibility index (Phi) is 3.97. The van der Waals surface area contributed by atoms with Crippen LogP contribution in [0.25, 0.3) is 0 Å². The van der Waals surface area contributed by atoms with Crippen LogP contribution in [-0.4, -0.2) is 13.6 Å². The van der Waals surface area contributed by atoms with Crippen LogP contribution in [0, 0.1) is 6.92 Å². The van der Waals surface area contributed by atoms with E-state index in [0.29, 0.717) is 0 Å². The maximum Gasteiger partial charge on any atom is 0.103 e. The van der Waals surface area contributed by atoms with Crippen LogP contribution in [-0.2, 0) is 6.54 Å². The Balaban J connectivity index is 2.58. The minimum Gasteiger partial charge on any atom is -0.334 e. The summed E-state index contributed by atoms with van der Waals surface area (Å²) in [7, 11) is 2.26. The molecular weight excluding hydrogens is 158 g/mol. The van der Waals surface area contributed by atoms with Crippen molar-refractivity contribution < 1.29 is 4.90 Å². The Morgan fingerprint density at radius 3 is 2.54 bits per heavy atom. The zero-order valence-corrected chi connectivity index (χ0v) is 8.93. The van der Waals surface area contributed by atoms with Crippen LogP contribution in [0.5, 0.6) is 0 Å². The molecule has 0 saturated carbocycles. The van der Waals surface area contributed by atoms with E-state index in [1.165, 1.54) is 24.1 Å². The lowest BCUT2D eigenvalue weighted by molar-refractivity contribution is -0.893. The highest BCUT2D eigenvalue weighted by atomic mass is 15.1. The minimum absolute atomic E-state index is 1.15. The van der Waals surface area contributed by atoms with Gasteiger partial charge in [0.15, 0.2) is 0 Å². The Labute approximate surface area is 81.4 Å². The second-order valence-electron chi connectivity index (χ2n) is 3.81. The van der Waals surface area contributed by atoms with E-state index in [1.807, 2.05) is 0 Å². The zero-order chi connectivity index (χ0) is 9.68. The molecule has 0 saturated heterocycles. The van der Waals surface area contributed by atoms with Gasteiger partial charge in [-0.25, -0.2) is 0 Å². The molecule has 0 aliphatic carbocycles. The first-order chi connectivity index (χ1) is 6.24. The van der Waals surface area contributed by atoms with Gasteiger partial charge < -0.3 is 4.90 Å². The Bertz CT molecular complexity index is 255. The van der Waals surface area contributed by atoms with Crippen LogP contribution in [0.15, 0.2) is 24.3 Å². The molecule has 0 heterocycles. The van der Waals surface area contributed by atoms with Crippen LogP contribution >= 0.6 is 0 Å². The molecule has 1 aromatic carbocycles. The second kappa shape index (κ2) is 5.03. The third-order valence-corrected chi connectivity index (χ3v) is 2.43. The molecule has 0 spiro atoms. The summed E-state index contributed by atoms with van der Waals surface area (Å²) >= 11 is 0. The molecule has 1 nitrogen and oxygen atoms in total. The van der Waals surface area contributed by atoms with E-state index in [0.717, 1.165) is 6.54 Å². The van der Waals surface area contributed by atoms with E-state index >= 15 is 0 Å². The van der Waals surface area contributed by atoms with Gasteiger partial charge in [0.25, 0.3) is 0 Å². The molecule has 72 valence electrons. The number of rotatable bonds is 4. The lowest BCUT2D eigenvalue weighted by atomic mass is 10.1. The number of aryl methyl sites for hydroxylation is 1. The highest BCUT2D eigenvalue weighted by Gasteiger charge is 2.03. The van der Waals surface area contributed by atoms with Crippen molar-refractivity contribution >= 4 is 0 Å². The summed E-state index contributed by atoms with van der Waals surface area (Å²) in [5.41, 5.74) is 2.89. The van der Waals surface area contributed by atoms with Crippen molar-refractivity contribution in [1.82, 2.24) is 0 Å². The maximum atomic E-state index is 2.26. The van der Waals surface area contributed by atoms with E-state index < -0.39 is 0 Å². The maximum absolute atomic E-state index is 2.26. The van der Waals surface area contributed by atoms with Crippen molar-refractivity contribution in [3.8, 4) is 0 Å². The number of benzene rings is 1. The molecule has 0 aliphatic rings. The van der Waals surface area contributed by atoms with Gasteiger partial charge in [0, 0.05) is 5.56 Å². The topological polar surface area (TPSA) is 4.44 Å². The van der Waals surface area contributed by atoms with Crippen LogP contribution in [0.3, 0.4) is 0 Å². The van der Waals surface area contributed by atoms with Gasteiger partial charge in [-0.1, -0.05) is 31.2 Å². The predicted octanol–water partition coefficient (Wildman–Crippen LogP) is 1.42. The van der Waals surface area contributed by atoms with E-state index in [9.17, 15) is 0 Å². The molecule has 0 amide bonds. The fourth-order valence-electron chi connectivity index (χ4n) is 1.65. The molecule has 1 atom stereocenters. The Hall–Kier alpha value is -0.820. The lowest BCUT2D eigenvalue weighted by Crippen LogP contribution is -3.07. The van der Waals surface area contributed by atoms with Gasteiger partial charge in [0.2, 0.25) is 0 Å². The average molecular weight is 178 g/mol. The Morgan fingerprint density at radius 2 is 1.92 bits per heavy atom. The van der Waals surface area contributed by atoms with Crippen molar-refractivity contribution in [3.63, 3.8) is 0 Å².